The third-order valence-electron chi connectivity index (χ3n) is 4.99. The van der Waals surface area contributed by atoms with Crippen molar-refractivity contribution >= 4 is 17.7 Å². The van der Waals surface area contributed by atoms with Crippen LogP contribution in [0.15, 0.2) is 47.1 Å². The predicted molar refractivity (Wildman–Crippen MR) is 109 cm³/mol. The zero-order valence-electron chi connectivity index (χ0n) is 16.9. The Hall–Kier alpha value is -3.09. The van der Waals surface area contributed by atoms with Gasteiger partial charge in [-0.25, -0.2) is 0 Å². The van der Waals surface area contributed by atoms with E-state index in [1.165, 1.54) is 6.26 Å². The summed E-state index contributed by atoms with van der Waals surface area (Å²) in [4.78, 5) is 40.6. The van der Waals surface area contributed by atoms with E-state index in [-0.39, 0.29) is 17.7 Å². The minimum atomic E-state index is -0.157. The molecule has 154 valence electrons. The summed E-state index contributed by atoms with van der Waals surface area (Å²) in [6, 6.07) is 10.0. The highest BCUT2D eigenvalue weighted by molar-refractivity contribution is 5.98. The molecule has 2 aromatic rings. The number of carbonyl (C=O) groups excluding carboxylic acids is 3. The standard InChI is InChI=1S/C22H27N3O4/c1-16(2)9-10-23-20(26)17-5-7-18(8-6-17)21(27)24-11-13-25(14-12-24)22(28)19-4-3-15-29-19/h3-8,15-16H,9-14H2,1-2H3,(H,23,26). The first-order valence-corrected chi connectivity index (χ1v) is 9.96. The van der Waals surface area contributed by atoms with Gasteiger partial charge in [0, 0.05) is 43.9 Å². The Kier molecular flexibility index (Phi) is 6.69. The molecule has 1 aromatic carbocycles. The second kappa shape index (κ2) is 9.41. The summed E-state index contributed by atoms with van der Waals surface area (Å²) in [6.45, 7) is 6.70. The van der Waals surface area contributed by atoms with E-state index in [0.717, 1.165) is 6.42 Å². The third-order valence-corrected chi connectivity index (χ3v) is 4.99. The molecule has 1 saturated heterocycles. The summed E-state index contributed by atoms with van der Waals surface area (Å²) < 4.78 is 5.15. The number of piperazine rings is 1. The summed E-state index contributed by atoms with van der Waals surface area (Å²) in [5, 5.41) is 2.89. The normalized spacial score (nSPS) is 14.2. The minimum Gasteiger partial charge on any atom is -0.459 e. The number of hydrogen-bond acceptors (Lipinski definition) is 4. The first kappa shape index (κ1) is 20.6. The van der Waals surface area contributed by atoms with Crippen LogP contribution in [0.25, 0.3) is 0 Å². The van der Waals surface area contributed by atoms with Crippen LogP contribution in [0.4, 0.5) is 0 Å². The molecule has 7 nitrogen and oxygen atoms in total. The van der Waals surface area contributed by atoms with Crippen LogP contribution < -0.4 is 5.32 Å². The van der Waals surface area contributed by atoms with E-state index in [9.17, 15) is 14.4 Å². The molecule has 0 bridgehead atoms. The van der Waals surface area contributed by atoms with Crippen molar-refractivity contribution in [1.29, 1.82) is 0 Å². The number of furan rings is 1. The van der Waals surface area contributed by atoms with Gasteiger partial charge in [-0.15, -0.1) is 0 Å². The Morgan fingerprint density at radius 2 is 1.52 bits per heavy atom. The molecule has 0 spiro atoms. The molecule has 3 rings (SSSR count). The van der Waals surface area contributed by atoms with Crippen LogP contribution in [0.1, 0.15) is 51.5 Å². The van der Waals surface area contributed by atoms with Gasteiger partial charge in [0.2, 0.25) is 0 Å². The van der Waals surface area contributed by atoms with Crippen molar-refractivity contribution in [2.75, 3.05) is 32.7 Å². The second-order valence-corrected chi connectivity index (χ2v) is 7.58. The number of carbonyl (C=O) groups is 3. The highest BCUT2D eigenvalue weighted by atomic mass is 16.3. The fraction of sp³-hybridized carbons (Fsp3) is 0.409. The first-order chi connectivity index (χ1) is 14.0. The van der Waals surface area contributed by atoms with Crippen LogP contribution in [0.3, 0.4) is 0 Å². The zero-order chi connectivity index (χ0) is 20.8. The summed E-state index contributed by atoms with van der Waals surface area (Å²) in [5.41, 5.74) is 1.08. The number of nitrogens with one attached hydrogen (secondary N) is 1. The smallest absolute Gasteiger partial charge is 0.289 e. The molecule has 1 N–H and O–H groups in total. The summed E-state index contributed by atoms with van der Waals surface area (Å²) in [7, 11) is 0. The molecule has 0 radical (unpaired) electrons. The molecule has 7 heteroatoms. The Labute approximate surface area is 170 Å². The lowest BCUT2D eigenvalue weighted by atomic mass is 10.1. The summed E-state index contributed by atoms with van der Waals surface area (Å²) in [5.74, 6) is 0.462. The molecule has 1 aromatic heterocycles. The summed E-state index contributed by atoms with van der Waals surface area (Å²) in [6.07, 6.45) is 2.40. The number of amides is 3. The molecule has 29 heavy (non-hydrogen) atoms. The molecule has 1 fully saturated rings. The van der Waals surface area contributed by atoms with E-state index in [1.54, 1.807) is 46.2 Å². The van der Waals surface area contributed by atoms with Gasteiger partial charge in [0.1, 0.15) is 0 Å². The molecule has 1 aliphatic heterocycles. The maximum Gasteiger partial charge on any atom is 0.289 e. The van der Waals surface area contributed by atoms with Crippen molar-refractivity contribution in [1.82, 2.24) is 15.1 Å². The second-order valence-electron chi connectivity index (χ2n) is 7.58. The maximum absolute atomic E-state index is 12.7. The molecule has 0 atom stereocenters. The van der Waals surface area contributed by atoms with Gasteiger partial charge in [-0.05, 0) is 48.7 Å². The average molecular weight is 397 g/mol. The van der Waals surface area contributed by atoms with Gasteiger partial charge in [-0.3, -0.25) is 14.4 Å². The SMILES string of the molecule is CC(C)CCNC(=O)c1ccc(C(=O)N2CCN(C(=O)c3ccco3)CC2)cc1. The highest BCUT2D eigenvalue weighted by Gasteiger charge is 2.26. The van der Waals surface area contributed by atoms with Crippen LogP contribution in [0.5, 0.6) is 0 Å². The van der Waals surface area contributed by atoms with Crippen molar-refractivity contribution in [3.05, 3.63) is 59.5 Å². The maximum atomic E-state index is 12.7. The topological polar surface area (TPSA) is 82.9 Å². The Morgan fingerprint density at radius 1 is 0.931 bits per heavy atom. The minimum absolute atomic E-state index is 0.0955. The quantitative estimate of drug-likeness (QED) is 0.812. The lowest BCUT2D eigenvalue weighted by Gasteiger charge is -2.34. The van der Waals surface area contributed by atoms with Gasteiger partial charge in [0.15, 0.2) is 5.76 Å². The van der Waals surface area contributed by atoms with E-state index in [2.05, 4.69) is 19.2 Å². The van der Waals surface area contributed by atoms with Crippen molar-refractivity contribution in [3.63, 3.8) is 0 Å². The number of nitrogens with zero attached hydrogens (tertiary/aromatic N) is 2. The largest absolute Gasteiger partial charge is 0.459 e. The molecular formula is C22H27N3O4. The number of benzene rings is 1. The molecule has 0 aliphatic carbocycles. The fourth-order valence-electron chi connectivity index (χ4n) is 3.19. The lowest BCUT2D eigenvalue weighted by molar-refractivity contribution is 0.0518. The summed E-state index contributed by atoms with van der Waals surface area (Å²) >= 11 is 0. The molecular weight excluding hydrogens is 370 g/mol. The van der Waals surface area contributed by atoms with Crippen molar-refractivity contribution < 1.29 is 18.8 Å². The van der Waals surface area contributed by atoms with Gasteiger partial charge in [-0.2, -0.15) is 0 Å². The van der Waals surface area contributed by atoms with E-state index in [4.69, 9.17) is 4.42 Å². The Balaban J connectivity index is 1.52. The molecule has 1 aliphatic rings. The molecule has 3 amide bonds. The monoisotopic (exact) mass is 397 g/mol. The van der Waals surface area contributed by atoms with Gasteiger partial charge in [0.25, 0.3) is 17.7 Å². The van der Waals surface area contributed by atoms with Crippen molar-refractivity contribution in [2.45, 2.75) is 20.3 Å². The van der Waals surface area contributed by atoms with Crippen LogP contribution in [-0.4, -0.2) is 60.2 Å². The van der Waals surface area contributed by atoms with Crippen LogP contribution >= 0.6 is 0 Å². The Morgan fingerprint density at radius 3 is 2.07 bits per heavy atom. The molecule has 0 unspecified atom stereocenters. The van der Waals surface area contributed by atoms with Crippen LogP contribution in [0.2, 0.25) is 0 Å². The van der Waals surface area contributed by atoms with E-state index in [0.29, 0.717) is 55.5 Å². The highest BCUT2D eigenvalue weighted by Crippen LogP contribution is 2.13. The van der Waals surface area contributed by atoms with Gasteiger partial charge in [0.05, 0.1) is 6.26 Å². The van der Waals surface area contributed by atoms with Crippen LogP contribution in [0, 0.1) is 5.92 Å². The zero-order valence-corrected chi connectivity index (χ0v) is 16.9. The predicted octanol–water partition coefficient (Wildman–Crippen LogP) is 2.65. The van der Waals surface area contributed by atoms with Crippen molar-refractivity contribution in [3.8, 4) is 0 Å². The average Bonchev–Trinajstić information content (AvgIpc) is 3.27. The Bertz CT molecular complexity index is 835. The lowest BCUT2D eigenvalue weighted by Crippen LogP contribution is -2.50. The van der Waals surface area contributed by atoms with Gasteiger partial charge >= 0.3 is 0 Å². The molecule has 0 saturated carbocycles. The number of hydrogen-bond donors (Lipinski definition) is 1. The third kappa shape index (κ3) is 5.25. The van der Waals surface area contributed by atoms with Crippen LogP contribution in [-0.2, 0) is 0 Å². The first-order valence-electron chi connectivity index (χ1n) is 9.96. The van der Waals surface area contributed by atoms with E-state index >= 15 is 0 Å². The van der Waals surface area contributed by atoms with E-state index in [1.807, 2.05) is 0 Å². The van der Waals surface area contributed by atoms with Crippen molar-refractivity contribution in [2.24, 2.45) is 5.92 Å². The fourth-order valence-corrected chi connectivity index (χ4v) is 3.19. The van der Waals surface area contributed by atoms with Gasteiger partial charge in [-0.1, -0.05) is 13.8 Å². The van der Waals surface area contributed by atoms with E-state index < -0.39 is 0 Å². The number of rotatable bonds is 6. The van der Waals surface area contributed by atoms with Gasteiger partial charge < -0.3 is 19.5 Å². The molecule has 2 heterocycles.